The van der Waals surface area contributed by atoms with Gasteiger partial charge in [-0.05, 0) is 36.8 Å². The van der Waals surface area contributed by atoms with Gasteiger partial charge in [-0.25, -0.2) is 4.79 Å². The molecule has 0 spiro atoms. The molecule has 1 saturated carbocycles. The summed E-state index contributed by atoms with van der Waals surface area (Å²) in [5.74, 6) is -1.17. The Kier molecular flexibility index (Phi) is 3.65. The molecule has 2 N–H and O–H groups in total. The predicted molar refractivity (Wildman–Crippen MR) is 75.1 cm³/mol. The van der Waals surface area contributed by atoms with Crippen molar-refractivity contribution in [3.05, 3.63) is 33.9 Å². The standard InChI is InChI=1S/C14H18N2O4/c1-14(2)6-5-10(8-14)15-11-4-3-9(13(17)18)7-12(11)16(19)20/h3-4,7,10,15H,5-6,8H2,1-2H3,(H,17,18). The first-order valence-electron chi connectivity index (χ1n) is 6.57. The van der Waals surface area contributed by atoms with E-state index >= 15 is 0 Å². The minimum Gasteiger partial charge on any atom is -0.478 e. The van der Waals surface area contributed by atoms with Crippen LogP contribution >= 0.6 is 0 Å². The first kappa shape index (κ1) is 14.3. The van der Waals surface area contributed by atoms with Gasteiger partial charge in [0.25, 0.3) is 5.69 Å². The molecule has 6 heteroatoms. The smallest absolute Gasteiger partial charge is 0.335 e. The minimum absolute atomic E-state index is 0.0750. The lowest BCUT2D eigenvalue weighted by molar-refractivity contribution is -0.384. The quantitative estimate of drug-likeness (QED) is 0.651. The van der Waals surface area contributed by atoms with Crippen LogP contribution in [0.1, 0.15) is 43.5 Å². The van der Waals surface area contributed by atoms with E-state index in [2.05, 4.69) is 19.2 Å². The fourth-order valence-electron chi connectivity index (χ4n) is 2.72. The van der Waals surface area contributed by atoms with Gasteiger partial charge in [-0.2, -0.15) is 0 Å². The number of nitro benzene ring substituents is 1. The molecule has 1 aromatic rings. The van der Waals surface area contributed by atoms with Gasteiger partial charge in [0, 0.05) is 12.1 Å². The molecule has 0 aromatic heterocycles. The highest BCUT2D eigenvalue weighted by Crippen LogP contribution is 2.39. The number of carbonyl (C=O) groups is 1. The average Bonchev–Trinajstić information content (AvgIpc) is 2.68. The van der Waals surface area contributed by atoms with Gasteiger partial charge in [0.05, 0.1) is 10.5 Å². The van der Waals surface area contributed by atoms with E-state index in [-0.39, 0.29) is 22.7 Å². The van der Waals surface area contributed by atoms with Gasteiger partial charge in [-0.1, -0.05) is 13.8 Å². The van der Waals surface area contributed by atoms with Gasteiger partial charge < -0.3 is 10.4 Å². The molecule has 1 unspecified atom stereocenters. The summed E-state index contributed by atoms with van der Waals surface area (Å²) in [6.07, 6.45) is 2.99. The second-order valence-electron chi connectivity index (χ2n) is 6.04. The first-order valence-corrected chi connectivity index (χ1v) is 6.57. The highest BCUT2D eigenvalue weighted by atomic mass is 16.6. The summed E-state index contributed by atoms with van der Waals surface area (Å²) >= 11 is 0. The molecule has 108 valence electrons. The Labute approximate surface area is 117 Å². The zero-order valence-electron chi connectivity index (χ0n) is 11.5. The molecule has 0 heterocycles. The van der Waals surface area contributed by atoms with E-state index < -0.39 is 10.9 Å². The second kappa shape index (κ2) is 5.11. The van der Waals surface area contributed by atoms with Crippen LogP contribution in [0.5, 0.6) is 0 Å². The molecule has 2 rings (SSSR count). The van der Waals surface area contributed by atoms with E-state index in [0.29, 0.717) is 5.69 Å². The van der Waals surface area contributed by atoms with Crippen LogP contribution in [0, 0.1) is 15.5 Å². The number of carboxylic acids is 1. The molecule has 1 fully saturated rings. The molecule has 1 aliphatic carbocycles. The van der Waals surface area contributed by atoms with E-state index in [4.69, 9.17) is 5.11 Å². The number of nitro groups is 1. The zero-order valence-corrected chi connectivity index (χ0v) is 11.5. The van der Waals surface area contributed by atoms with Crippen LogP contribution in [0.4, 0.5) is 11.4 Å². The van der Waals surface area contributed by atoms with E-state index in [1.165, 1.54) is 12.1 Å². The summed E-state index contributed by atoms with van der Waals surface area (Å²) in [6.45, 7) is 4.35. The monoisotopic (exact) mass is 278 g/mol. The van der Waals surface area contributed by atoms with Gasteiger partial charge in [0.1, 0.15) is 5.69 Å². The number of rotatable bonds is 4. The predicted octanol–water partition coefficient (Wildman–Crippen LogP) is 3.28. The maximum Gasteiger partial charge on any atom is 0.335 e. The number of carboxylic acid groups (broad SMARTS) is 1. The maximum atomic E-state index is 11.1. The Balaban J connectivity index is 2.23. The van der Waals surface area contributed by atoms with Crippen LogP contribution in [0.25, 0.3) is 0 Å². The van der Waals surface area contributed by atoms with Gasteiger partial charge in [0.2, 0.25) is 0 Å². The van der Waals surface area contributed by atoms with Crippen LogP contribution in [0.3, 0.4) is 0 Å². The highest BCUT2D eigenvalue weighted by molar-refractivity contribution is 5.89. The summed E-state index contributed by atoms with van der Waals surface area (Å²) in [5, 5.41) is 23.1. The molecule has 0 bridgehead atoms. The number of aromatic carboxylic acids is 1. The van der Waals surface area contributed by atoms with Crippen molar-refractivity contribution in [1.82, 2.24) is 0 Å². The van der Waals surface area contributed by atoms with E-state index in [9.17, 15) is 14.9 Å². The van der Waals surface area contributed by atoms with Crippen molar-refractivity contribution < 1.29 is 14.8 Å². The van der Waals surface area contributed by atoms with Crippen LogP contribution in [-0.4, -0.2) is 22.0 Å². The number of nitrogens with one attached hydrogen (secondary N) is 1. The van der Waals surface area contributed by atoms with E-state index in [1.54, 1.807) is 0 Å². The third-order valence-corrected chi connectivity index (χ3v) is 3.77. The van der Waals surface area contributed by atoms with Crippen molar-refractivity contribution in [1.29, 1.82) is 0 Å². The van der Waals surface area contributed by atoms with Crippen molar-refractivity contribution in [2.75, 3.05) is 5.32 Å². The Morgan fingerprint density at radius 2 is 2.20 bits per heavy atom. The van der Waals surface area contributed by atoms with Crippen LogP contribution in [-0.2, 0) is 0 Å². The summed E-state index contributed by atoms with van der Waals surface area (Å²) in [5.41, 5.74) is 0.374. The molecular weight excluding hydrogens is 260 g/mol. The Bertz CT molecular complexity index is 554. The summed E-state index contributed by atoms with van der Waals surface area (Å²) in [7, 11) is 0. The Morgan fingerprint density at radius 3 is 2.70 bits per heavy atom. The Morgan fingerprint density at radius 1 is 1.50 bits per heavy atom. The fraction of sp³-hybridized carbons (Fsp3) is 0.500. The van der Waals surface area contributed by atoms with Crippen molar-refractivity contribution in [2.24, 2.45) is 5.41 Å². The second-order valence-corrected chi connectivity index (χ2v) is 6.04. The van der Waals surface area contributed by atoms with Crippen LogP contribution < -0.4 is 5.32 Å². The zero-order chi connectivity index (χ0) is 14.9. The number of anilines is 1. The van der Waals surface area contributed by atoms with Crippen LogP contribution in [0.15, 0.2) is 18.2 Å². The molecule has 1 aliphatic rings. The number of hydrogen-bond acceptors (Lipinski definition) is 4. The molecule has 20 heavy (non-hydrogen) atoms. The van der Waals surface area contributed by atoms with Crippen molar-refractivity contribution >= 4 is 17.3 Å². The van der Waals surface area contributed by atoms with E-state index in [0.717, 1.165) is 25.3 Å². The molecule has 1 atom stereocenters. The molecule has 0 aliphatic heterocycles. The lowest BCUT2D eigenvalue weighted by Crippen LogP contribution is -2.18. The summed E-state index contributed by atoms with van der Waals surface area (Å²) in [4.78, 5) is 21.4. The third-order valence-electron chi connectivity index (χ3n) is 3.77. The largest absolute Gasteiger partial charge is 0.478 e. The number of benzene rings is 1. The van der Waals surface area contributed by atoms with E-state index in [1.807, 2.05) is 0 Å². The molecule has 0 radical (unpaired) electrons. The molecule has 0 amide bonds. The normalized spacial score (nSPS) is 20.6. The van der Waals surface area contributed by atoms with Crippen molar-refractivity contribution in [3.63, 3.8) is 0 Å². The summed E-state index contributed by atoms with van der Waals surface area (Å²) in [6, 6.07) is 4.16. The molecule has 1 aromatic carbocycles. The third kappa shape index (κ3) is 3.07. The van der Waals surface area contributed by atoms with Gasteiger partial charge in [0.15, 0.2) is 0 Å². The van der Waals surface area contributed by atoms with Gasteiger partial charge >= 0.3 is 5.97 Å². The molecule has 6 nitrogen and oxygen atoms in total. The summed E-state index contributed by atoms with van der Waals surface area (Å²) < 4.78 is 0. The van der Waals surface area contributed by atoms with Crippen molar-refractivity contribution in [3.8, 4) is 0 Å². The Hall–Kier alpha value is -2.11. The minimum atomic E-state index is -1.17. The number of nitrogens with zero attached hydrogens (tertiary/aromatic N) is 1. The topological polar surface area (TPSA) is 92.5 Å². The SMILES string of the molecule is CC1(C)CCC(Nc2ccc(C(=O)O)cc2[N+](=O)[O-])C1. The number of hydrogen-bond donors (Lipinski definition) is 2. The average molecular weight is 278 g/mol. The van der Waals surface area contributed by atoms with Crippen LogP contribution in [0.2, 0.25) is 0 Å². The van der Waals surface area contributed by atoms with Crippen molar-refractivity contribution in [2.45, 2.75) is 39.2 Å². The van der Waals surface area contributed by atoms with Gasteiger partial charge in [-0.3, -0.25) is 10.1 Å². The highest BCUT2D eigenvalue weighted by Gasteiger charge is 2.32. The maximum absolute atomic E-state index is 11.1. The molecule has 0 saturated heterocycles. The lowest BCUT2D eigenvalue weighted by Gasteiger charge is -2.18. The van der Waals surface area contributed by atoms with Gasteiger partial charge in [-0.15, -0.1) is 0 Å². The fourth-order valence-corrected chi connectivity index (χ4v) is 2.72. The lowest BCUT2D eigenvalue weighted by atomic mass is 9.92. The molecular formula is C14H18N2O4. The first-order chi connectivity index (χ1) is 9.28.